The van der Waals surface area contributed by atoms with Crippen LogP contribution in [0.1, 0.15) is 37.9 Å². The molecule has 0 saturated heterocycles. The first-order valence-corrected chi connectivity index (χ1v) is 12.9. The summed E-state index contributed by atoms with van der Waals surface area (Å²) in [5, 5.41) is 0. The number of ether oxygens (including phenoxy) is 5. The third-order valence-electron chi connectivity index (χ3n) is 6.03. The topological polar surface area (TPSA) is 97.6 Å². The van der Waals surface area contributed by atoms with Gasteiger partial charge in [0.05, 0.1) is 50.3 Å². The Balaban J connectivity index is 1.99. The zero-order valence-corrected chi connectivity index (χ0v) is 23.0. The lowest BCUT2D eigenvalue weighted by Gasteiger charge is -2.26. The summed E-state index contributed by atoms with van der Waals surface area (Å²) in [5.41, 5.74) is 1.79. The SMILES string of the molecule is CCOC(=O)C1=C(C)N=c2s/c(=C/c3ccc(OC)c(OC)c3)c(=O)n2[C@@H]1c1cccc(OC)c1OCC. The Kier molecular flexibility index (Phi) is 8.21. The third-order valence-corrected chi connectivity index (χ3v) is 7.02. The van der Waals surface area contributed by atoms with Crippen molar-refractivity contribution in [3.8, 4) is 23.0 Å². The van der Waals surface area contributed by atoms with Crippen molar-refractivity contribution in [2.45, 2.75) is 26.8 Å². The van der Waals surface area contributed by atoms with Crippen molar-refractivity contribution >= 4 is 23.4 Å². The van der Waals surface area contributed by atoms with Crippen LogP contribution in [0, 0.1) is 0 Å². The number of hydrogen-bond donors (Lipinski definition) is 0. The number of para-hydroxylation sites is 1. The Bertz CT molecular complexity index is 1570. The molecular weight excluding hydrogens is 508 g/mol. The van der Waals surface area contributed by atoms with Gasteiger partial charge in [-0.15, -0.1) is 0 Å². The van der Waals surface area contributed by atoms with Crippen molar-refractivity contribution < 1.29 is 28.5 Å². The number of nitrogens with zero attached hydrogens (tertiary/aromatic N) is 2. The van der Waals surface area contributed by atoms with E-state index in [-0.39, 0.29) is 17.7 Å². The number of methoxy groups -OCH3 is 3. The zero-order valence-electron chi connectivity index (χ0n) is 22.2. The molecule has 0 aliphatic carbocycles. The molecule has 0 spiro atoms. The Morgan fingerprint density at radius 3 is 2.42 bits per heavy atom. The van der Waals surface area contributed by atoms with E-state index >= 15 is 0 Å². The lowest BCUT2D eigenvalue weighted by atomic mass is 9.94. The van der Waals surface area contributed by atoms with Crippen molar-refractivity contribution in [3.63, 3.8) is 0 Å². The molecule has 2 heterocycles. The number of rotatable bonds is 9. The third kappa shape index (κ3) is 4.91. The van der Waals surface area contributed by atoms with Crippen LogP contribution in [0.4, 0.5) is 0 Å². The van der Waals surface area contributed by atoms with E-state index in [9.17, 15) is 9.59 Å². The van der Waals surface area contributed by atoms with Crippen molar-refractivity contribution in [1.29, 1.82) is 0 Å². The lowest BCUT2D eigenvalue weighted by Crippen LogP contribution is -2.40. The molecule has 9 nitrogen and oxygen atoms in total. The van der Waals surface area contributed by atoms with Crippen LogP contribution in [0.5, 0.6) is 23.0 Å². The number of carbonyl (C=O) groups is 1. The number of aromatic nitrogens is 1. The summed E-state index contributed by atoms with van der Waals surface area (Å²) in [4.78, 5) is 32.2. The van der Waals surface area contributed by atoms with Gasteiger partial charge in [0.2, 0.25) is 0 Å². The maximum absolute atomic E-state index is 13.9. The highest BCUT2D eigenvalue weighted by Crippen LogP contribution is 2.40. The number of benzene rings is 2. The van der Waals surface area contributed by atoms with Crippen LogP contribution in [-0.4, -0.2) is 45.1 Å². The lowest BCUT2D eigenvalue weighted by molar-refractivity contribution is -0.139. The molecule has 1 aliphatic heterocycles. The fourth-order valence-electron chi connectivity index (χ4n) is 4.39. The molecule has 2 aromatic carbocycles. The Morgan fingerprint density at radius 2 is 1.76 bits per heavy atom. The molecule has 4 rings (SSSR count). The Labute approximate surface area is 224 Å². The number of carbonyl (C=O) groups excluding carboxylic acids is 1. The first-order valence-electron chi connectivity index (χ1n) is 12.1. The molecule has 0 radical (unpaired) electrons. The second-order valence-electron chi connectivity index (χ2n) is 8.23. The fraction of sp³-hybridized carbons (Fsp3) is 0.321. The van der Waals surface area contributed by atoms with Crippen LogP contribution in [0.25, 0.3) is 6.08 Å². The van der Waals surface area contributed by atoms with Gasteiger partial charge in [-0.1, -0.05) is 29.5 Å². The van der Waals surface area contributed by atoms with Crippen LogP contribution in [0.3, 0.4) is 0 Å². The maximum atomic E-state index is 13.9. The van der Waals surface area contributed by atoms with E-state index in [0.717, 1.165) is 5.56 Å². The van der Waals surface area contributed by atoms with Gasteiger partial charge in [-0.3, -0.25) is 9.36 Å². The van der Waals surface area contributed by atoms with Crippen molar-refractivity contribution in [2.24, 2.45) is 4.99 Å². The van der Waals surface area contributed by atoms with Gasteiger partial charge in [-0.2, -0.15) is 0 Å². The number of allylic oxidation sites excluding steroid dienone is 1. The van der Waals surface area contributed by atoms with E-state index in [2.05, 4.69) is 4.99 Å². The molecule has 10 heteroatoms. The van der Waals surface area contributed by atoms with E-state index in [1.165, 1.54) is 15.9 Å². The van der Waals surface area contributed by atoms with E-state index in [1.54, 1.807) is 65.5 Å². The Hall–Kier alpha value is -4.05. The number of esters is 1. The second-order valence-corrected chi connectivity index (χ2v) is 9.24. The molecule has 0 amide bonds. The minimum absolute atomic E-state index is 0.183. The van der Waals surface area contributed by atoms with Gasteiger partial charge in [-0.25, -0.2) is 9.79 Å². The van der Waals surface area contributed by atoms with Crippen LogP contribution >= 0.6 is 11.3 Å². The average molecular weight is 539 g/mol. The summed E-state index contributed by atoms with van der Waals surface area (Å²) in [6.07, 6.45) is 1.77. The zero-order chi connectivity index (χ0) is 27.4. The standard InChI is InChI=1S/C28H30N2O7S/c1-7-36-25-18(10-9-11-20(25)34-5)24-23(27(32)37-8-2)16(3)29-28-30(24)26(31)22(38-28)15-17-12-13-19(33-4)21(14-17)35-6/h9-15,24H,7-8H2,1-6H3/b22-15+/t24-/m1/s1. The molecule has 0 bridgehead atoms. The van der Waals surface area contributed by atoms with Crippen LogP contribution in [0.2, 0.25) is 0 Å². The summed E-state index contributed by atoms with van der Waals surface area (Å²) < 4.78 is 29.6. The molecule has 0 fully saturated rings. The minimum atomic E-state index is -0.825. The van der Waals surface area contributed by atoms with E-state index in [0.29, 0.717) is 50.2 Å². The molecular formula is C28H30N2O7S. The van der Waals surface area contributed by atoms with Crippen LogP contribution in [0.15, 0.2) is 57.5 Å². The van der Waals surface area contributed by atoms with E-state index < -0.39 is 12.0 Å². The highest BCUT2D eigenvalue weighted by atomic mass is 32.1. The predicted octanol–water partition coefficient (Wildman–Crippen LogP) is 3.22. The molecule has 0 saturated carbocycles. The molecule has 38 heavy (non-hydrogen) atoms. The summed E-state index contributed by atoms with van der Waals surface area (Å²) in [6.45, 7) is 5.88. The summed E-state index contributed by atoms with van der Waals surface area (Å²) in [6, 6.07) is 9.97. The van der Waals surface area contributed by atoms with E-state index in [1.807, 2.05) is 19.1 Å². The molecule has 3 aromatic rings. The largest absolute Gasteiger partial charge is 0.493 e. The average Bonchev–Trinajstić information content (AvgIpc) is 3.22. The van der Waals surface area contributed by atoms with Crippen molar-refractivity contribution in [3.05, 3.63) is 78.5 Å². The van der Waals surface area contributed by atoms with Crippen molar-refractivity contribution in [1.82, 2.24) is 4.57 Å². The van der Waals surface area contributed by atoms with Gasteiger partial charge in [0.25, 0.3) is 5.56 Å². The van der Waals surface area contributed by atoms with E-state index in [4.69, 9.17) is 23.7 Å². The molecule has 0 unspecified atom stereocenters. The first-order chi connectivity index (χ1) is 18.4. The van der Waals surface area contributed by atoms with Gasteiger partial charge in [0.15, 0.2) is 27.8 Å². The van der Waals surface area contributed by atoms with Crippen LogP contribution < -0.4 is 33.8 Å². The molecule has 1 aromatic heterocycles. The second kappa shape index (κ2) is 11.6. The molecule has 200 valence electrons. The minimum Gasteiger partial charge on any atom is -0.493 e. The predicted molar refractivity (Wildman–Crippen MR) is 144 cm³/mol. The van der Waals surface area contributed by atoms with Gasteiger partial charge in [0.1, 0.15) is 6.04 Å². The van der Waals surface area contributed by atoms with Gasteiger partial charge < -0.3 is 23.7 Å². The number of hydrogen-bond acceptors (Lipinski definition) is 9. The quantitative estimate of drug-likeness (QED) is 0.386. The van der Waals surface area contributed by atoms with Crippen LogP contribution in [-0.2, 0) is 9.53 Å². The van der Waals surface area contributed by atoms with Crippen molar-refractivity contribution in [2.75, 3.05) is 34.5 Å². The van der Waals surface area contributed by atoms with Gasteiger partial charge in [-0.05, 0) is 50.6 Å². The summed E-state index contributed by atoms with van der Waals surface area (Å²) >= 11 is 1.24. The first kappa shape index (κ1) is 27.0. The number of fused-ring (bicyclic) bond motifs is 1. The molecule has 1 aliphatic rings. The summed E-state index contributed by atoms with van der Waals surface area (Å²) in [7, 11) is 4.66. The highest BCUT2D eigenvalue weighted by molar-refractivity contribution is 7.07. The highest BCUT2D eigenvalue weighted by Gasteiger charge is 2.36. The smallest absolute Gasteiger partial charge is 0.338 e. The number of thiazole rings is 1. The van der Waals surface area contributed by atoms with Gasteiger partial charge in [0, 0.05) is 5.56 Å². The monoisotopic (exact) mass is 538 g/mol. The maximum Gasteiger partial charge on any atom is 0.338 e. The normalized spacial score (nSPS) is 15.0. The molecule has 0 N–H and O–H groups in total. The van der Waals surface area contributed by atoms with Gasteiger partial charge >= 0.3 is 5.97 Å². The Morgan fingerprint density at radius 1 is 1.03 bits per heavy atom. The summed E-state index contributed by atoms with van der Waals surface area (Å²) in [5.74, 6) is 1.54. The fourth-order valence-corrected chi connectivity index (χ4v) is 5.43. The molecule has 1 atom stereocenters.